The molecule has 4 nitrogen and oxygen atoms in total. The van der Waals surface area contributed by atoms with Crippen LogP contribution in [0.15, 0.2) is 18.3 Å². The topological polar surface area (TPSA) is 54.0 Å². The summed E-state index contributed by atoms with van der Waals surface area (Å²) >= 11 is 0. The molecule has 0 aromatic carbocycles. The van der Waals surface area contributed by atoms with Gasteiger partial charge in [-0.25, -0.2) is 4.98 Å². The van der Waals surface area contributed by atoms with Crippen molar-refractivity contribution in [1.29, 1.82) is 0 Å². The molecule has 1 amide bonds. The van der Waals surface area contributed by atoms with Crippen LogP contribution in [0.5, 0.6) is 0 Å². The zero-order valence-electron chi connectivity index (χ0n) is 13.2. The third-order valence-corrected chi connectivity index (χ3v) is 4.28. The zero-order chi connectivity index (χ0) is 15.1. The molecule has 2 N–H and O–H groups in total. The van der Waals surface area contributed by atoms with Gasteiger partial charge in [0.15, 0.2) is 0 Å². The average Bonchev–Trinajstić information content (AvgIpc) is 2.52. The van der Waals surface area contributed by atoms with Gasteiger partial charge in [0.2, 0.25) is 0 Å². The number of pyridine rings is 1. The normalized spacial score (nSPS) is 21.8. The lowest BCUT2D eigenvalue weighted by Crippen LogP contribution is -2.31. The van der Waals surface area contributed by atoms with Gasteiger partial charge in [-0.2, -0.15) is 0 Å². The lowest BCUT2D eigenvalue weighted by atomic mass is 9.83. The predicted molar refractivity (Wildman–Crippen MR) is 86.5 cm³/mol. The molecule has 21 heavy (non-hydrogen) atoms. The van der Waals surface area contributed by atoms with Crippen molar-refractivity contribution >= 4 is 11.7 Å². The summed E-state index contributed by atoms with van der Waals surface area (Å²) in [6, 6.07) is 3.65. The highest BCUT2D eigenvalue weighted by Gasteiger charge is 2.19. The summed E-state index contributed by atoms with van der Waals surface area (Å²) in [6.07, 6.45) is 7.77. The molecule has 116 valence electrons. The quantitative estimate of drug-likeness (QED) is 0.843. The fourth-order valence-electron chi connectivity index (χ4n) is 2.84. The summed E-state index contributed by atoms with van der Waals surface area (Å²) in [5, 5.41) is 6.30. The van der Waals surface area contributed by atoms with E-state index in [0.29, 0.717) is 17.3 Å². The fourth-order valence-corrected chi connectivity index (χ4v) is 2.84. The summed E-state index contributed by atoms with van der Waals surface area (Å²) < 4.78 is 0. The number of amides is 1. The van der Waals surface area contributed by atoms with Crippen LogP contribution < -0.4 is 10.6 Å². The monoisotopic (exact) mass is 289 g/mol. The molecule has 0 bridgehead atoms. The van der Waals surface area contributed by atoms with Crippen molar-refractivity contribution in [2.24, 2.45) is 11.8 Å². The second-order valence-electron chi connectivity index (χ2n) is 6.16. The Labute approximate surface area is 127 Å². The average molecular weight is 289 g/mol. The highest BCUT2D eigenvalue weighted by molar-refractivity contribution is 5.98. The third-order valence-electron chi connectivity index (χ3n) is 4.28. The van der Waals surface area contributed by atoms with Gasteiger partial charge in [0.1, 0.15) is 5.82 Å². The molecular weight excluding hydrogens is 262 g/mol. The molecule has 1 aromatic rings. The number of rotatable bonds is 6. The van der Waals surface area contributed by atoms with Crippen LogP contribution in [0.3, 0.4) is 0 Å². The molecular formula is C17H27N3O. The second kappa shape index (κ2) is 8.01. The van der Waals surface area contributed by atoms with Crippen LogP contribution >= 0.6 is 0 Å². The summed E-state index contributed by atoms with van der Waals surface area (Å²) in [6.45, 7) is 6.03. The molecule has 0 spiro atoms. The SMILES string of the molecule is CCCNc1ncccc1C(=O)NCC1CCC(C)CC1. The number of hydrogen-bond acceptors (Lipinski definition) is 3. The van der Waals surface area contributed by atoms with Gasteiger partial charge in [-0.15, -0.1) is 0 Å². The molecule has 0 atom stereocenters. The molecule has 2 rings (SSSR count). The van der Waals surface area contributed by atoms with Crippen LogP contribution in [0.4, 0.5) is 5.82 Å². The van der Waals surface area contributed by atoms with Crippen molar-refractivity contribution in [3.63, 3.8) is 0 Å². The van der Waals surface area contributed by atoms with Crippen LogP contribution in [0.2, 0.25) is 0 Å². The maximum absolute atomic E-state index is 12.3. The Morgan fingerprint density at radius 1 is 1.33 bits per heavy atom. The van der Waals surface area contributed by atoms with E-state index in [-0.39, 0.29) is 5.91 Å². The Morgan fingerprint density at radius 3 is 2.81 bits per heavy atom. The van der Waals surface area contributed by atoms with E-state index in [9.17, 15) is 4.79 Å². The Morgan fingerprint density at radius 2 is 2.10 bits per heavy atom. The minimum absolute atomic E-state index is 0.0136. The molecule has 4 heteroatoms. The van der Waals surface area contributed by atoms with Gasteiger partial charge in [-0.1, -0.05) is 26.7 Å². The van der Waals surface area contributed by atoms with Gasteiger partial charge in [-0.05, 0) is 43.2 Å². The number of nitrogens with zero attached hydrogens (tertiary/aromatic N) is 1. The molecule has 1 heterocycles. The van der Waals surface area contributed by atoms with E-state index >= 15 is 0 Å². The van der Waals surface area contributed by atoms with Gasteiger partial charge in [0.25, 0.3) is 5.91 Å². The molecule has 1 saturated carbocycles. The first kappa shape index (κ1) is 15.8. The molecule has 0 radical (unpaired) electrons. The summed E-state index contributed by atoms with van der Waals surface area (Å²) in [5.41, 5.74) is 0.648. The highest BCUT2D eigenvalue weighted by atomic mass is 16.1. The standard InChI is InChI=1S/C17H27N3O/c1-3-10-18-16-15(5-4-11-19-16)17(21)20-12-14-8-6-13(2)7-9-14/h4-5,11,13-14H,3,6-10,12H2,1-2H3,(H,18,19)(H,20,21). The number of aromatic nitrogens is 1. The number of carbonyl (C=O) groups is 1. The number of carbonyl (C=O) groups excluding carboxylic acids is 1. The largest absolute Gasteiger partial charge is 0.369 e. The molecule has 1 aromatic heterocycles. The van der Waals surface area contributed by atoms with Crippen LogP contribution in [0.1, 0.15) is 56.3 Å². The van der Waals surface area contributed by atoms with Gasteiger partial charge in [-0.3, -0.25) is 4.79 Å². The molecule has 1 aliphatic rings. The number of hydrogen-bond donors (Lipinski definition) is 2. The minimum Gasteiger partial charge on any atom is -0.369 e. The van der Waals surface area contributed by atoms with E-state index in [1.165, 1.54) is 25.7 Å². The summed E-state index contributed by atoms with van der Waals surface area (Å²) in [7, 11) is 0. The smallest absolute Gasteiger partial charge is 0.255 e. The maximum Gasteiger partial charge on any atom is 0.255 e. The Kier molecular flexibility index (Phi) is 6.03. The van der Waals surface area contributed by atoms with Crippen molar-refractivity contribution in [2.75, 3.05) is 18.4 Å². The van der Waals surface area contributed by atoms with Gasteiger partial charge in [0, 0.05) is 19.3 Å². The molecule has 0 saturated heterocycles. The van der Waals surface area contributed by atoms with Crippen molar-refractivity contribution in [3.05, 3.63) is 23.9 Å². The van der Waals surface area contributed by atoms with Crippen LogP contribution in [0.25, 0.3) is 0 Å². The molecule has 0 unspecified atom stereocenters. The van der Waals surface area contributed by atoms with Crippen molar-refractivity contribution < 1.29 is 4.79 Å². The first-order valence-corrected chi connectivity index (χ1v) is 8.17. The van der Waals surface area contributed by atoms with Crippen molar-refractivity contribution in [3.8, 4) is 0 Å². The Bertz CT molecular complexity index is 453. The first-order valence-electron chi connectivity index (χ1n) is 8.17. The van der Waals surface area contributed by atoms with Crippen LogP contribution in [0, 0.1) is 11.8 Å². The molecule has 0 aliphatic heterocycles. The van der Waals surface area contributed by atoms with E-state index in [0.717, 1.165) is 25.4 Å². The third kappa shape index (κ3) is 4.73. The van der Waals surface area contributed by atoms with Crippen LogP contribution in [-0.4, -0.2) is 24.0 Å². The second-order valence-corrected chi connectivity index (χ2v) is 6.16. The van der Waals surface area contributed by atoms with Gasteiger partial charge >= 0.3 is 0 Å². The van der Waals surface area contributed by atoms with Crippen molar-refractivity contribution in [2.45, 2.75) is 46.0 Å². The van der Waals surface area contributed by atoms with Crippen molar-refractivity contribution in [1.82, 2.24) is 10.3 Å². The van der Waals surface area contributed by atoms with E-state index in [4.69, 9.17) is 0 Å². The van der Waals surface area contributed by atoms with Gasteiger partial charge in [0.05, 0.1) is 5.56 Å². The summed E-state index contributed by atoms with van der Waals surface area (Å²) in [4.78, 5) is 16.6. The summed E-state index contributed by atoms with van der Waals surface area (Å²) in [5.74, 6) is 2.16. The Balaban J connectivity index is 1.88. The van der Waals surface area contributed by atoms with E-state index in [2.05, 4.69) is 29.5 Å². The molecule has 1 fully saturated rings. The van der Waals surface area contributed by atoms with E-state index in [1.807, 2.05) is 12.1 Å². The fraction of sp³-hybridized carbons (Fsp3) is 0.647. The first-order chi connectivity index (χ1) is 10.2. The lowest BCUT2D eigenvalue weighted by molar-refractivity contribution is 0.0942. The Hall–Kier alpha value is -1.58. The minimum atomic E-state index is -0.0136. The lowest BCUT2D eigenvalue weighted by Gasteiger charge is -2.26. The number of nitrogens with one attached hydrogen (secondary N) is 2. The number of anilines is 1. The predicted octanol–water partition coefficient (Wildman–Crippen LogP) is 3.46. The molecule has 1 aliphatic carbocycles. The van der Waals surface area contributed by atoms with Gasteiger partial charge < -0.3 is 10.6 Å². The van der Waals surface area contributed by atoms with E-state index < -0.39 is 0 Å². The zero-order valence-corrected chi connectivity index (χ0v) is 13.2. The maximum atomic E-state index is 12.3. The van der Waals surface area contributed by atoms with Crippen LogP contribution in [-0.2, 0) is 0 Å². The highest BCUT2D eigenvalue weighted by Crippen LogP contribution is 2.27. The van der Waals surface area contributed by atoms with E-state index in [1.54, 1.807) is 6.20 Å².